The van der Waals surface area contributed by atoms with E-state index in [1.54, 1.807) is 0 Å². The molecular weight excluding hydrogens is 667 g/mol. The second-order valence-electron chi connectivity index (χ2n) is 15.2. The number of hydrogen-bond donors (Lipinski definition) is 0. The monoisotopic (exact) mass is 705 g/mol. The molecule has 0 fully saturated rings. The summed E-state index contributed by atoms with van der Waals surface area (Å²) < 4.78 is 9.07. The Bertz CT molecular complexity index is 2680. The first-order valence-electron chi connectivity index (χ1n) is 18.2. The van der Waals surface area contributed by atoms with Crippen molar-refractivity contribution in [3.05, 3.63) is 157 Å². The Kier molecular flexibility index (Phi) is 6.94. The molecule has 10 rings (SSSR count). The van der Waals surface area contributed by atoms with Crippen LogP contribution in [0.5, 0.6) is 11.5 Å². The van der Waals surface area contributed by atoms with Crippen LogP contribution < -0.4 is 35.4 Å². The second kappa shape index (κ2) is 11.7. The normalized spacial score (nSPS) is 14.6. The highest BCUT2D eigenvalue weighted by Gasteiger charge is 2.49. The van der Waals surface area contributed by atoms with Crippen LogP contribution in [0.25, 0.3) is 27.6 Å². The Hall–Kier alpha value is -6.18. The second-order valence-corrected chi connectivity index (χ2v) is 18.9. The van der Waals surface area contributed by atoms with Crippen molar-refractivity contribution in [2.75, 3.05) is 23.5 Å². The summed E-state index contributed by atoms with van der Waals surface area (Å²) in [7, 11) is -0.953. The summed E-state index contributed by atoms with van der Waals surface area (Å²) >= 11 is 0. The SMILES string of the molecule is CN1CN(c2ccnc([Si]3(c4ccc5c6ccccc6n(-c6cc(C(C)(C)C)ccn6)c5c4)c4ccccc4Oc4ccccc43)c2)c2ccccc21. The molecule has 5 aromatic carbocycles. The summed E-state index contributed by atoms with van der Waals surface area (Å²) in [6, 6.07) is 50.5. The van der Waals surface area contributed by atoms with E-state index in [0.717, 1.165) is 46.0 Å². The van der Waals surface area contributed by atoms with Gasteiger partial charge in [0.25, 0.3) is 0 Å². The van der Waals surface area contributed by atoms with E-state index < -0.39 is 8.07 Å². The minimum absolute atomic E-state index is 0.0184. The first-order valence-corrected chi connectivity index (χ1v) is 20.2. The predicted octanol–water partition coefficient (Wildman–Crippen LogP) is 7.90. The van der Waals surface area contributed by atoms with Gasteiger partial charge in [0, 0.05) is 41.2 Å². The zero-order valence-electron chi connectivity index (χ0n) is 30.3. The number of nitrogens with zero attached hydrogens (tertiary/aromatic N) is 5. The molecule has 0 amide bonds. The summed E-state index contributed by atoms with van der Waals surface area (Å²) in [5.74, 6) is 2.69. The summed E-state index contributed by atoms with van der Waals surface area (Å²) in [5.41, 5.74) is 7.04. The smallest absolute Gasteiger partial charge is 0.209 e. The van der Waals surface area contributed by atoms with Crippen LogP contribution >= 0.6 is 0 Å². The Balaban J connectivity index is 1.28. The third-order valence-electron chi connectivity index (χ3n) is 11.1. The fourth-order valence-electron chi connectivity index (χ4n) is 8.58. The molecule has 0 saturated carbocycles. The van der Waals surface area contributed by atoms with Crippen molar-refractivity contribution in [2.24, 2.45) is 0 Å². The highest BCUT2D eigenvalue weighted by atomic mass is 28.3. The molecule has 0 aliphatic carbocycles. The molecular formula is C46H39N5OSi. The van der Waals surface area contributed by atoms with Crippen molar-refractivity contribution in [1.82, 2.24) is 14.5 Å². The zero-order valence-corrected chi connectivity index (χ0v) is 31.3. The predicted molar refractivity (Wildman–Crippen MR) is 221 cm³/mol. The van der Waals surface area contributed by atoms with Gasteiger partial charge in [-0.3, -0.25) is 9.55 Å². The van der Waals surface area contributed by atoms with Gasteiger partial charge in [0.2, 0.25) is 8.07 Å². The molecule has 0 unspecified atom stereocenters. The summed E-state index contributed by atoms with van der Waals surface area (Å²) in [4.78, 5) is 15.0. The number of benzene rings is 5. The van der Waals surface area contributed by atoms with E-state index in [-0.39, 0.29) is 5.41 Å². The maximum atomic E-state index is 6.71. The lowest BCUT2D eigenvalue weighted by molar-refractivity contribution is 0.487. The number of para-hydroxylation sites is 5. The molecule has 53 heavy (non-hydrogen) atoms. The average Bonchev–Trinajstić information content (AvgIpc) is 3.71. The molecule has 0 radical (unpaired) electrons. The fourth-order valence-corrected chi connectivity index (χ4v) is 13.4. The van der Waals surface area contributed by atoms with Gasteiger partial charge in [-0.15, -0.1) is 0 Å². The molecule has 0 N–H and O–H groups in total. The van der Waals surface area contributed by atoms with Crippen LogP contribution in [0.4, 0.5) is 17.1 Å². The highest BCUT2D eigenvalue weighted by molar-refractivity contribution is 7.20. The fraction of sp³-hybridized carbons (Fsp3) is 0.130. The summed E-state index contributed by atoms with van der Waals surface area (Å²) in [5, 5.41) is 7.10. The van der Waals surface area contributed by atoms with Gasteiger partial charge in [-0.05, 0) is 87.2 Å². The largest absolute Gasteiger partial charge is 0.458 e. The highest BCUT2D eigenvalue weighted by Crippen LogP contribution is 2.40. The molecule has 0 bridgehead atoms. The van der Waals surface area contributed by atoms with Gasteiger partial charge in [-0.2, -0.15) is 0 Å². The van der Waals surface area contributed by atoms with Gasteiger partial charge in [-0.25, -0.2) is 4.98 Å². The van der Waals surface area contributed by atoms with Crippen LogP contribution in [-0.4, -0.2) is 36.3 Å². The lowest BCUT2D eigenvalue weighted by atomic mass is 9.88. The van der Waals surface area contributed by atoms with E-state index in [9.17, 15) is 0 Å². The lowest BCUT2D eigenvalue weighted by Gasteiger charge is -2.39. The molecule has 2 aliphatic heterocycles. The molecule has 0 spiro atoms. The molecule has 0 atom stereocenters. The van der Waals surface area contributed by atoms with Crippen LogP contribution in [0.15, 0.2) is 152 Å². The van der Waals surface area contributed by atoms with Crippen molar-refractivity contribution >= 4 is 67.8 Å². The third kappa shape index (κ3) is 4.70. The maximum absolute atomic E-state index is 6.71. The van der Waals surface area contributed by atoms with E-state index in [1.807, 2.05) is 12.4 Å². The maximum Gasteiger partial charge on any atom is 0.209 e. The molecule has 258 valence electrons. The molecule has 6 nitrogen and oxygen atoms in total. The van der Waals surface area contributed by atoms with Crippen molar-refractivity contribution in [3.8, 4) is 17.3 Å². The van der Waals surface area contributed by atoms with Crippen LogP contribution in [0.3, 0.4) is 0 Å². The Morgan fingerprint density at radius 3 is 2.06 bits per heavy atom. The van der Waals surface area contributed by atoms with Crippen LogP contribution in [0, 0.1) is 0 Å². The summed E-state index contributed by atoms with van der Waals surface area (Å²) in [6.45, 7) is 7.53. The Labute approximate surface area is 310 Å². The number of fused-ring (bicyclic) bond motifs is 6. The van der Waals surface area contributed by atoms with Gasteiger partial charge in [0.15, 0.2) is 0 Å². The van der Waals surface area contributed by atoms with Gasteiger partial charge < -0.3 is 14.5 Å². The standard InChI is InChI=1S/C46H39N5OSi/c1-46(2,3)31-23-25-47-44(27-31)51-36-14-6-5-13-34(36)35-22-21-33(29-39(35)51)53(42-19-11-9-17-40(42)52-41-18-10-12-20-43(41)53)45-28-32(24-26-48-45)50-30-49(4)37-15-7-8-16-38(37)50/h5-29H,30H2,1-4H3. The van der Waals surface area contributed by atoms with Gasteiger partial charge in [-0.1, -0.05) is 99.6 Å². The van der Waals surface area contributed by atoms with Crippen LogP contribution in [0.1, 0.15) is 26.3 Å². The summed E-state index contributed by atoms with van der Waals surface area (Å²) in [6.07, 6.45) is 3.95. The van der Waals surface area contributed by atoms with Gasteiger partial charge in [0.1, 0.15) is 17.3 Å². The molecule has 2 aliphatic rings. The number of hydrogen-bond acceptors (Lipinski definition) is 5. The quantitative estimate of drug-likeness (QED) is 0.174. The van der Waals surface area contributed by atoms with E-state index in [1.165, 1.54) is 43.3 Å². The number of ether oxygens (including phenoxy) is 1. The van der Waals surface area contributed by atoms with Crippen molar-refractivity contribution in [1.29, 1.82) is 0 Å². The molecule has 8 aromatic rings. The van der Waals surface area contributed by atoms with Crippen LogP contribution in [0.2, 0.25) is 0 Å². The number of anilines is 3. The van der Waals surface area contributed by atoms with Crippen molar-refractivity contribution in [3.63, 3.8) is 0 Å². The lowest BCUT2D eigenvalue weighted by Crippen LogP contribution is -2.76. The van der Waals surface area contributed by atoms with Gasteiger partial charge in [0.05, 0.1) is 29.1 Å². The van der Waals surface area contributed by atoms with E-state index in [0.29, 0.717) is 0 Å². The van der Waals surface area contributed by atoms with E-state index >= 15 is 0 Å². The first-order chi connectivity index (χ1) is 25.8. The molecule has 5 heterocycles. The van der Waals surface area contributed by atoms with Crippen molar-refractivity contribution in [2.45, 2.75) is 26.2 Å². The van der Waals surface area contributed by atoms with Gasteiger partial charge >= 0.3 is 0 Å². The third-order valence-corrected chi connectivity index (χ3v) is 15.8. The minimum Gasteiger partial charge on any atom is -0.458 e. The zero-order chi connectivity index (χ0) is 35.9. The number of aromatic nitrogens is 3. The number of rotatable bonds is 4. The molecule has 7 heteroatoms. The Morgan fingerprint density at radius 2 is 1.28 bits per heavy atom. The topological polar surface area (TPSA) is 46.4 Å². The van der Waals surface area contributed by atoms with Crippen molar-refractivity contribution < 1.29 is 4.74 Å². The first kappa shape index (κ1) is 31.5. The number of pyridine rings is 2. The van der Waals surface area contributed by atoms with E-state index in [4.69, 9.17) is 14.7 Å². The Morgan fingerprint density at radius 1 is 0.623 bits per heavy atom. The molecule has 0 saturated heterocycles. The minimum atomic E-state index is -3.11. The van der Waals surface area contributed by atoms with Crippen LogP contribution in [-0.2, 0) is 5.41 Å². The molecule has 3 aromatic heterocycles. The van der Waals surface area contributed by atoms with E-state index in [2.05, 4.69) is 182 Å². The average molecular weight is 706 g/mol.